The Morgan fingerprint density at radius 3 is 1.98 bits per heavy atom. The molecule has 51 heavy (non-hydrogen) atoms. The maximum atomic E-state index is 6.50. The lowest BCUT2D eigenvalue weighted by molar-refractivity contribution is 0.661. The van der Waals surface area contributed by atoms with Gasteiger partial charge in [0.2, 0.25) is 0 Å². The van der Waals surface area contributed by atoms with Gasteiger partial charge in [-0.3, -0.25) is 0 Å². The van der Waals surface area contributed by atoms with Crippen LogP contribution in [-0.4, -0.2) is 0 Å². The fourth-order valence-electron chi connectivity index (χ4n) is 8.31. The van der Waals surface area contributed by atoms with Crippen LogP contribution in [0.25, 0.3) is 66.1 Å². The first-order chi connectivity index (χ1) is 25.0. The van der Waals surface area contributed by atoms with Gasteiger partial charge >= 0.3 is 0 Å². The van der Waals surface area contributed by atoms with E-state index in [9.17, 15) is 0 Å². The van der Waals surface area contributed by atoms with Gasteiger partial charge in [-0.15, -0.1) is 0 Å². The molecule has 0 aliphatic heterocycles. The second kappa shape index (κ2) is 11.3. The topological polar surface area (TPSA) is 16.4 Å². The first kappa shape index (κ1) is 29.5. The van der Waals surface area contributed by atoms with Crippen LogP contribution in [0.4, 0.5) is 17.1 Å². The minimum Gasteiger partial charge on any atom is -0.456 e. The van der Waals surface area contributed by atoms with Crippen LogP contribution in [0.5, 0.6) is 0 Å². The molecule has 0 unspecified atom stereocenters. The first-order valence-electron chi connectivity index (χ1n) is 17.7. The second-order valence-electron chi connectivity index (χ2n) is 14.1. The number of fused-ring (bicyclic) bond motifs is 7. The zero-order valence-electron chi connectivity index (χ0n) is 28.6. The summed E-state index contributed by atoms with van der Waals surface area (Å²) in [6.07, 6.45) is 0. The smallest absolute Gasteiger partial charge is 0.137 e. The minimum atomic E-state index is -0.164. The third-order valence-electron chi connectivity index (χ3n) is 10.8. The van der Waals surface area contributed by atoms with Crippen molar-refractivity contribution in [1.82, 2.24) is 0 Å². The molecule has 0 radical (unpaired) electrons. The number of hydrogen-bond donors (Lipinski definition) is 0. The van der Waals surface area contributed by atoms with Gasteiger partial charge in [-0.25, -0.2) is 0 Å². The predicted molar refractivity (Wildman–Crippen MR) is 214 cm³/mol. The molecule has 0 N–H and O–H groups in total. The van der Waals surface area contributed by atoms with Crippen molar-refractivity contribution >= 4 is 49.8 Å². The fraction of sp³-hybridized carbons (Fsp3) is 0.0612. The third-order valence-corrected chi connectivity index (χ3v) is 10.8. The summed E-state index contributed by atoms with van der Waals surface area (Å²) >= 11 is 0. The zero-order chi connectivity index (χ0) is 34.1. The zero-order valence-corrected chi connectivity index (χ0v) is 28.6. The van der Waals surface area contributed by atoms with E-state index < -0.39 is 0 Å². The predicted octanol–water partition coefficient (Wildman–Crippen LogP) is 13.8. The number of hydrogen-bond acceptors (Lipinski definition) is 2. The first-order valence-corrected chi connectivity index (χ1v) is 17.7. The van der Waals surface area contributed by atoms with Gasteiger partial charge in [-0.2, -0.15) is 0 Å². The molecule has 0 atom stereocenters. The maximum absolute atomic E-state index is 6.50. The Balaban J connectivity index is 1.25. The minimum absolute atomic E-state index is 0.164. The Morgan fingerprint density at radius 1 is 0.431 bits per heavy atom. The summed E-state index contributed by atoms with van der Waals surface area (Å²) in [5, 5.41) is 4.78. The van der Waals surface area contributed by atoms with Crippen molar-refractivity contribution in [3.05, 3.63) is 187 Å². The molecule has 1 heterocycles. The molecular weight excluding hydrogens is 619 g/mol. The highest BCUT2D eigenvalue weighted by Crippen LogP contribution is 2.56. The van der Waals surface area contributed by atoms with Gasteiger partial charge in [0.05, 0.1) is 11.4 Å². The Hall–Kier alpha value is -6.38. The lowest BCUT2D eigenvalue weighted by Crippen LogP contribution is -2.16. The Kier molecular flexibility index (Phi) is 6.56. The van der Waals surface area contributed by atoms with Crippen LogP contribution in [0.2, 0.25) is 0 Å². The number of benzene rings is 8. The summed E-state index contributed by atoms with van der Waals surface area (Å²) in [5.74, 6) is 0. The van der Waals surface area contributed by atoms with Crippen LogP contribution >= 0.6 is 0 Å². The quantitative estimate of drug-likeness (QED) is 0.184. The molecule has 8 aromatic carbocycles. The van der Waals surface area contributed by atoms with Crippen LogP contribution in [0.15, 0.2) is 180 Å². The van der Waals surface area contributed by atoms with Gasteiger partial charge in [-0.05, 0) is 92.7 Å². The number of anilines is 3. The van der Waals surface area contributed by atoms with E-state index in [1.807, 2.05) is 6.07 Å². The molecular formula is C49H35NO. The fourth-order valence-corrected chi connectivity index (χ4v) is 8.31. The van der Waals surface area contributed by atoms with Crippen molar-refractivity contribution < 1.29 is 4.42 Å². The van der Waals surface area contributed by atoms with E-state index in [4.69, 9.17) is 4.42 Å². The van der Waals surface area contributed by atoms with E-state index in [-0.39, 0.29) is 5.41 Å². The molecule has 242 valence electrons. The summed E-state index contributed by atoms with van der Waals surface area (Å²) in [6, 6.07) is 63.7. The summed E-state index contributed by atoms with van der Waals surface area (Å²) in [4.78, 5) is 2.45. The Bertz CT molecular complexity index is 2790. The largest absolute Gasteiger partial charge is 0.456 e. The third kappa shape index (κ3) is 4.64. The van der Waals surface area contributed by atoms with Crippen molar-refractivity contribution in [2.75, 3.05) is 4.90 Å². The molecule has 0 spiro atoms. The molecule has 10 rings (SSSR count). The summed E-state index contributed by atoms with van der Waals surface area (Å²) in [7, 11) is 0. The van der Waals surface area contributed by atoms with Crippen LogP contribution in [-0.2, 0) is 5.41 Å². The van der Waals surface area contributed by atoms with Crippen molar-refractivity contribution in [2.45, 2.75) is 19.3 Å². The standard InChI is InChI=1S/C49H35NO/c1-49(2)42-22-13-24-45(48(42)41-29-34-16-6-7-17-35(34)30-43(41)49)50(37-26-27-40-39-21-9-11-25-46(39)51-47(40)31-37)44-23-10-8-20-38(44)36-19-12-18-33(28-36)32-14-4-3-5-15-32/h3-31H,1-2H3. The van der Waals surface area contributed by atoms with Crippen molar-refractivity contribution in [2.24, 2.45) is 0 Å². The van der Waals surface area contributed by atoms with E-state index in [2.05, 4.69) is 189 Å². The van der Waals surface area contributed by atoms with E-state index in [1.165, 1.54) is 49.7 Å². The van der Waals surface area contributed by atoms with E-state index in [0.717, 1.165) is 44.6 Å². The molecule has 0 saturated heterocycles. The molecule has 9 aromatic rings. The molecule has 1 aliphatic rings. The molecule has 0 saturated carbocycles. The Morgan fingerprint density at radius 2 is 1.10 bits per heavy atom. The van der Waals surface area contributed by atoms with Crippen LogP contribution in [0, 0.1) is 0 Å². The normalized spacial score (nSPS) is 13.1. The highest BCUT2D eigenvalue weighted by atomic mass is 16.3. The average Bonchev–Trinajstić information content (AvgIpc) is 3.66. The van der Waals surface area contributed by atoms with Gasteiger partial charge in [0.1, 0.15) is 11.2 Å². The lowest BCUT2D eigenvalue weighted by atomic mass is 9.82. The van der Waals surface area contributed by atoms with Gasteiger partial charge in [-0.1, -0.05) is 135 Å². The monoisotopic (exact) mass is 653 g/mol. The van der Waals surface area contributed by atoms with Gasteiger partial charge in [0.25, 0.3) is 0 Å². The van der Waals surface area contributed by atoms with Crippen LogP contribution in [0.1, 0.15) is 25.0 Å². The SMILES string of the molecule is CC1(C)c2cc3ccccc3cc2-c2c(N(c3ccc4c(c3)oc3ccccc34)c3ccccc3-c3cccc(-c4ccccc4)c3)cccc21. The van der Waals surface area contributed by atoms with Crippen molar-refractivity contribution in [3.63, 3.8) is 0 Å². The van der Waals surface area contributed by atoms with Crippen molar-refractivity contribution in [3.8, 4) is 33.4 Å². The number of nitrogens with zero attached hydrogens (tertiary/aromatic N) is 1. The summed E-state index contributed by atoms with van der Waals surface area (Å²) in [5.41, 5.74) is 14.9. The molecule has 0 bridgehead atoms. The molecule has 1 aliphatic carbocycles. The van der Waals surface area contributed by atoms with Gasteiger partial charge in [0.15, 0.2) is 0 Å². The van der Waals surface area contributed by atoms with Crippen molar-refractivity contribution in [1.29, 1.82) is 0 Å². The molecule has 1 aromatic heterocycles. The lowest BCUT2D eigenvalue weighted by Gasteiger charge is -2.30. The van der Waals surface area contributed by atoms with E-state index in [1.54, 1.807) is 0 Å². The number of furan rings is 1. The number of rotatable bonds is 5. The molecule has 0 amide bonds. The Labute approximate surface area is 297 Å². The highest BCUT2D eigenvalue weighted by molar-refractivity contribution is 6.07. The van der Waals surface area contributed by atoms with Gasteiger partial charge < -0.3 is 9.32 Å². The van der Waals surface area contributed by atoms with Crippen LogP contribution < -0.4 is 4.90 Å². The average molecular weight is 654 g/mol. The van der Waals surface area contributed by atoms with E-state index >= 15 is 0 Å². The molecule has 2 heteroatoms. The second-order valence-corrected chi connectivity index (χ2v) is 14.1. The van der Waals surface area contributed by atoms with E-state index in [0.29, 0.717) is 0 Å². The van der Waals surface area contributed by atoms with Crippen LogP contribution in [0.3, 0.4) is 0 Å². The summed E-state index contributed by atoms with van der Waals surface area (Å²) in [6.45, 7) is 4.73. The van der Waals surface area contributed by atoms with Gasteiger partial charge in [0, 0.05) is 39.1 Å². The summed E-state index contributed by atoms with van der Waals surface area (Å²) < 4.78 is 6.50. The maximum Gasteiger partial charge on any atom is 0.137 e. The number of para-hydroxylation sites is 2. The molecule has 2 nitrogen and oxygen atoms in total. The highest BCUT2D eigenvalue weighted by Gasteiger charge is 2.38. The molecule has 0 fully saturated rings.